The van der Waals surface area contributed by atoms with Gasteiger partial charge in [0.05, 0.1) is 6.61 Å². The van der Waals surface area contributed by atoms with Crippen molar-refractivity contribution in [2.45, 2.75) is 12.5 Å². The molecule has 0 aromatic rings. The van der Waals surface area contributed by atoms with Crippen LogP contribution in [0.1, 0.15) is 6.42 Å². The minimum Gasteiger partial charge on any atom is -0.381 e. The third kappa shape index (κ3) is 3.32. The predicted molar refractivity (Wildman–Crippen MR) is 50.5 cm³/mol. The molecule has 4 nitrogen and oxygen atoms in total. The normalized spacial score (nSPS) is 24.7. The van der Waals surface area contributed by atoms with E-state index < -0.39 is 0 Å². The summed E-state index contributed by atoms with van der Waals surface area (Å²) in [7, 11) is 4.02. The monoisotopic (exact) mass is 186 g/mol. The summed E-state index contributed by atoms with van der Waals surface area (Å²) in [6.07, 6.45) is 1.84. The van der Waals surface area contributed by atoms with Gasteiger partial charge in [0.15, 0.2) is 0 Å². The Kier molecular flexibility index (Phi) is 4.18. The summed E-state index contributed by atoms with van der Waals surface area (Å²) in [5, 5.41) is 2.85. The summed E-state index contributed by atoms with van der Waals surface area (Å²) >= 11 is 0. The zero-order chi connectivity index (χ0) is 9.68. The topological polar surface area (TPSA) is 41.6 Å². The zero-order valence-electron chi connectivity index (χ0n) is 8.32. The van der Waals surface area contributed by atoms with Crippen molar-refractivity contribution in [3.8, 4) is 0 Å². The summed E-state index contributed by atoms with van der Waals surface area (Å²) in [6.45, 7) is 2.49. The highest BCUT2D eigenvalue weighted by Gasteiger charge is 2.25. The van der Waals surface area contributed by atoms with E-state index in [-0.39, 0.29) is 6.04 Å². The van der Waals surface area contributed by atoms with Crippen molar-refractivity contribution in [3.05, 3.63) is 0 Å². The average Bonchev–Trinajstić information content (AvgIpc) is 2.54. The molecule has 1 aliphatic heterocycles. The number of amides is 1. The molecule has 1 N–H and O–H groups in total. The molecule has 1 heterocycles. The molecule has 1 saturated heterocycles. The Balaban J connectivity index is 2.39. The minimum atomic E-state index is 0.231. The van der Waals surface area contributed by atoms with Gasteiger partial charge >= 0.3 is 0 Å². The van der Waals surface area contributed by atoms with Crippen molar-refractivity contribution >= 4 is 6.41 Å². The van der Waals surface area contributed by atoms with Gasteiger partial charge in [-0.05, 0) is 20.5 Å². The van der Waals surface area contributed by atoms with Gasteiger partial charge in [0.25, 0.3) is 0 Å². The number of hydrogen-bond donors (Lipinski definition) is 1. The molecular formula is C9H18N2O2. The first-order valence-corrected chi connectivity index (χ1v) is 4.66. The smallest absolute Gasteiger partial charge is 0.207 e. The van der Waals surface area contributed by atoms with Crippen LogP contribution in [0.3, 0.4) is 0 Å². The lowest BCUT2D eigenvalue weighted by Crippen LogP contribution is -2.43. The molecule has 1 aliphatic rings. The number of nitrogens with one attached hydrogen (secondary N) is 1. The minimum absolute atomic E-state index is 0.231. The summed E-state index contributed by atoms with van der Waals surface area (Å²) < 4.78 is 5.29. The van der Waals surface area contributed by atoms with Crippen molar-refractivity contribution < 1.29 is 9.53 Å². The summed E-state index contributed by atoms with van der Waals surface area (Å²) in [5.74, 6) is 0.479. The lowest BCUT2D eigenvalue weighted by atomic mass is 9.99. The van der Waals surface area contributed by atoms with Crippen LogP contribution >= 0.6 is 0 Å². The Morgan fingerprint density at radius 2 is 2.46 bits per heavy atom. The Labute approximate surface area is 79.2 Å². The third-order valence-corrected chi connectivity index (χ3v) is 2.38. The highest BCUT2D eigenvalue weighted by atomic mass is 16.5. The van der Waals surface area contributed by atoms with E-state index in [1.807, 2.05) is 14.1 Å². The molecule has 0 radical (unpaired) electrons. The van der Waals surface area contributed by atoms with Crippen LogP contribution in [0.15, 0.2) is 0 Å². The molecule has 1 rings (SSSR count). The highest BCUT2D eigenvalue weighted by molar-refractivity contribution is 5.46. The quantitative estimate of drug-likeness (QED) is 0.599. The second-order valence-electron chi connectivity index (χ2n) is 3.78. The molecular weight excluding hydrogens is 168 g/mol. The number of ether oxygens (including phenoxy) is 1. The van der Waals surface area contributed by atoms with E-state index >= 15 is 0 Å². The lowest BCUT2D eigenvalue weighted by Gasteiger charge is -2.24. The molecule has 76 valence electrons. The fraction of sp³-hybridized carbons (Fsp3) is 0.889. The Morgan fingerprint density at radius 3 is 2.92 bits per heavy atom. The second-order valence-corrected chi connectivity index (χ2v) is 3.78. The van der Waals surface area contributed by atoms with E-state index in [2.05, 4.69) is 10.2 Å². The van der Waals surface area contributed by atoms with Gasteiger partial charge in [-0.15, -0.1) is 0 Å². The van der Waals surface area contributed by atoms with Gasteiger partial charge in [0.1, 0.15) is 0 Å². The maximum Gasteiger partial charge on any atom is 0.207 e. The average molecular weight is 186 g/mol. The van der Waals surface area contributed by atoms with Crippen LogP contribution in [0.4, 0.5) is 0 Å². The summed E-state index contributed by atoms with van der Waals surface area (Å²) in [5.41, 5.74) is 0. The second kappa shape index (κ2) is 5.19. The molecule has 2 unspecified atom stereocenters. The van der Waals surface area contributed by atoms with E-state index in [4.69, 9.17) is 4.74 Å². The van der Waals surface area contributed by atoms with E-state index in [1.54, 1.807) is 0 Å². The Hall–Kier alpha value is -0.610. The van der Waals surface area contributed by atoms with Crippen LogP contribution in [0, 0.1) is 5.92 Å². The van der Waals surface area contributed by atoms with Crippen LogP contribution in [0.5, 0.6) is 0 Å². The molecule has 0 spiro atoms. The largest absolute Gasteiger partial charge is 0.381 e. The van der Waals surface area contributed by atoms with E-state index in [0.29, 0.717) is 5.92 Å². The van der Waals surface area contributed by atoms with Crippen molar-refractivity contribution in [2.24, 2.45) is 5.92 Å². The van der Waals surface area contributed by atoms with Gasteiger partial charge in [-0.25, -0.2) is 0 Å². The number of nitrogens with zero attached hydrogens (tertiary/aromatic N) is 1. The number of likely N-dealkylation sites (N-methyl/N-ethyl adjacent to an activating group) is 1. The third-order valence-electron chi connectivity index (χ3n) is 2.38. The zero-order valence-corrected chi connectivity index (χ0v) is 8.32. The molecule has 0 bridgehead atoms. The SMILES string of the molecule is CN(C)CC(NC=O)C1CCOC1. The fourth-order valence-corrected chi connectivity index (χ4v) is 1.69. The fourth-order valence-electron chi connectivity index (χ4n) is 1.69. The predicted octanol–water partition coefficient (Wildman–Crippen LogP) is -0.301. The lowest BCUT2D eigenvalue weighted by molar-refractivity contribution is -0.110. The van der Waals surface area contributed by atoms with Crippen LogP contribution < -0.4 is 5.32 Å². The molecule has 0 saturated carbocycles. The first-order valence-electron chi connectivity index (χ1n) is 4.66. The first kappa shape index (κ1) is 10.5. The van der Waals surface area contributed by atoms with Gasteiger partial charge in [0, 0.05) is 25.1 Å². The van der Waals surface area contributed by atoms with E-state index in [0.717, 1.165) is 32.6 Å². The molecule has 2 atom stereocenters. The molecule has 1 amide bonds. The van der Waals surface area contributed by atoms with Crippen LogP contribution in [-0.2, 0) is 9.53 Å². The standard InChI is InChI=1S/C9H18N2O2/c1-11(2)5-9(10-7-12)8-3-4-13-6-8/h7-9H,3-6H2,1-2H3,(H,10,12). The Morgan fingerprint density at radius 1 is 1.69 bits per heavy atom. The van der Waals surface area contributed by atoms with Gasteiger partial charge in [-0.1, -0.05) is 0 Å². The Bertz CT molecular complexity index is 156. The molecule has 0 aromatic carbocycles. The number of carbonyl (C=O) groups is 1. The first-order chi connectivity index (χ1) is 6.24. The number of carbonyl (C=O) groups excluding carboxylic acids is 1. The van der Waals surface area contributed by atoms with Crippen molar-refractivity contribution in [1.29, 1.82) is 0 Å². The van der Waals surface area contributed by atoms with Crippen molar-refractivity contribution in [3.63, 3.8) is 0 Å². The van der Waals surface area contributed by atoms with Crippen molar-refractivity contribution in [2.75, 3.05) is 33.9 Å². The van der Waals surface area contributed by atoms with Crippen LogP contribution in [-0.4, -0.2) is 51.2 Å². The van der Waals surface area contributed by atoms with Gasteiger partial charge in [-0.2, -0.15) is 0 Å². The van der Waals surface area contributed by atoms with Crippen LogP contribution in [0.2, 0.25) is 0 Å². The number of hydrogen-bond acceptors (Lipinski definition) is 3. The maximum atomic E-state index is 10.4. The molecule has 0 aromatic heterocycles. The molecule has 13 heavy (non-hydrogen) atoms. The van der Waals surface area contributed by atoms with Gasteiger partial charge in [0.2, 0.25) is 6.41 Å². The maximum absolute atomic E-state index is 10.4. The molecule has 0 aliphatic carbocycles. The van der Waals surface area contributed by atoms with Crippen molar-refractivity contribution in [1.82, 2.24) is 10.2 Å². The van der Waals surface area contributed by atoms with E-state index in [1.165, 1.54) is 0 Å². The summed E-state index contributed by atoms with van der Waals surface area (Å²) in [6, 6.07) is 0.231. The van der Waals surface area contributed by atoms with E-state index in [9.17, 15) is 4.79 Å². The number of rotatable bonds is 5. The summed E-state index contributed by atoms with van der Waals surface area (Å²) in [4.78, 5) is 12.5. The molecule has 1 fully saturated rings. The molecule has 4 heteroatoms. The van der Waals surface area contributed by atoms with Gasteiger partial charge < -0.3 is 15.0 Å². The van der Waals surface area contributed by atoms with Crippen LogP contribution in [0.25, 0.3) is 0 Å². The van der Waals surface area contributed by atoms with Gasteiger partial charge in [-0.3, -0.25) is 4.79 Å². The highest BCUT2D eigenvalue weighted by Crippen LogP contribution is 2.16.